The van der Waals surface area contributed by atoms with Gasteiger partial charge in [0.25, 0.3) is 0 Å². The van der Waals surface area contributed by atoms with Crippen LogP contribution in [0.3, 0.4) is 0 Å². The number of benzene rings is 1. The lowest BCUT2D eigenvalue weighted by molar-refractivity contribution is -0.122. The zero-order chi connectivity index (χ0) is 27.2. The number of amides is 1. The Hall–Kier alpha value is -4.30. The number of hydrogen-bond acceptors (Lipinski definition) is 9. The molecule has 1 aliphatic heterocycles. The number of likely N-dealkylation sites (tertiary alicyclic amines) is 1. The van der Waals surface area contributed by atoms with E-state index in [0.29, 0.717) is 24.4 Å². The summed E-state index contributed by atoms with van der Waals surface area (Å²) in [6.45, 7) is 6.70. The third-order valence-corrected chi connectivity index (χ3v) is 6.81. The van der Waals surface area contributed by atoms with E-state index in [1.807, 2.05) is 38.2 Å². The molecular weight excluding hydrogens is 494 g/mol. The van der Waals surface area contributed by atoms with Crippen molar-refractivity contribution in [2.45, 2.75) is 64.7 Å². The standard InChI is InChI=1S/C28H33N9O2/c1-19-14-21(4-3-10-29)15-20(2)27(19)39-26-7-11-30-28(33-26)32-23-8-12-36(13-9-23)16-24-17-37(35-34-24)18-25(38)31-22-5-6-22/h3-4,7,11,14-15,17,22-23H,5-6,8-9,12-13,16,18H2,1-2H3,(H,31,38)(H,30,32,33)/b4-3+. The molecule has 39 heavy (non-hydrogen) atoms. The quantitative estimate of drug-likeness (QED) is 0.381. The van der Waals surface area contributed by atoms with Gasteiger partial charge in [-0.3, -0.25) is 9.69 Å². The second kappa shape index (κ2) is 12.0. The zero-order valence-corrected chi connectivity index (χ0v) is 22.3. The molecule has 3 heterocycles. The van der Waals surface area contributed by atoms with Crippen molar-refractivity contribution in [2.75, 3.05) is 18.4 Å². The van der Waals surface area contributed by atoms with E-state index in [4.69, 9.17) is 10.00 Å². The van der Waals surface area contributed by atoms with Crippen LogP contribution in [0.5, 0.6) is 11.6 Å². The maximum absolute atomic E-state index is 12.0. The molecule has 11 nitrogen and oxygen atoms in total. The van der Waals surface area contributed by atoms with Crippen molar-refractivity contribution in [1.82, 2.24) is 35.2 Å². The van der Waals surface area contributed by atoms with Crippen molar-refractivity contribution in [1.29, 1.82) is 5.26 Å². The second-order valence-electron chi connectivity index (χ2n) is 10.2. The van der Waals surface area contributed by atoms with E-state index in [-0.39, 0.29) is 18.5 Å². The number of ether oxygens (including phenoxy) is 1. The van der Waals surface area contributed by atoms with Gasteiger partial charge in [0.1, 0.15) is 12.3 Å². The third kappa shape index (κ3) is 7.39. The maximum atomic E-state index is 12.0. The predicted molar refractivity (Wildman–Crippen MR) is 146 cm³/mol. The summed E-state index contributed by atoms with van der Waals surface area (Å²) >= 11 is 0. The Balaban J connectivity index is 1.11. The first-order chi connectivity index (χ1) is 18.9. The Bertz CT molecular complexity index is 1360. The second-order valence-corrected chi connectivity index (χ2v) is 10.2. The number of rotatable bonds is 10. The van der Waals surface area contributed by atoms with Gasteiger partial charge < -0.3 is 15.4 Å². The Kier molecular flexibility index (Phi) is 8.13. The summed E-state index contributed by atoms with van der Waals surface area (Å²) in [5.41, 5.74) is 3.76. The van der Waals surface area contributed by atoms with Crippen LogP contribution in [0.4, 0.5) is 5.95 Å². The van der Waals surface area contributed by atoms with Gasteiger partial charge in [-0.25, -0.2) is 9.67 Å². The highest BCUT2D eigenvalue weighted by molar-refractivity contribution is 5.76. The molecular formula is C28H33N9O2. The van der Waals surface area contributed by atoms with Gasteiger partial charge in [-0.2, -0.15) is 10.2 Å². The Morgan fingerprint density at radius 3 is 2.67 bits per heavy atom. The van der Waals surface area contributed by atoms with Crippen LogP contribution >= 0.6 is 0 Å². The molecule has 2 aliphatic rings. The number of hydrogen-bond donors (Lipinski definition) is 2. The molecule has 1 saturated heterocycles. The van der Waals surface area contributed by atoms with Crippen LogP contribution in [-0.4, -0.2) is 60.9 Å². The highest BCUT2D eigenvalue weighted by atomic mass is 16.5. The summed E-state index contributed by atoms with van der Waals surface area (Å²) in [6.07, 6.45) is 10.8. The van der Waals surface area contributed by atoms with Crippen LogP contribution in [0.2, 0.25) is 0 Å². The number of aryl methyl sites for hydroxylation is 2. The Morgan fingerprint density at radius 1 is 1.18 bits per heavy atom. The molecule has 0 spiro atoms. The highest BCUT2D eigenvalue weighted by Gasteiger charge is 2.24. The molecule has 0 unspecified atom stereocenters. The Labute approximate surface area is 227 Å². The molecule has 202 valence electrons. The lowest BCUT2D eigenvalue weighted by atomic mass is 10.1. The fourth-order valence-electron chi connectivity index (χ4n) is 4.73. The molecule has 1 aromatic carbocycles. The number of nitrogens with one attached hydrogen (secondary N) is 2. The lowest BCUT2D eigenvalue weighted by Crippen LogP contribution is -2.39. The van der Waals surface area contributed by atoms with Crippen LogP contribution in [0, 0.1) is 25.2 Å². The molecule has 11 heteroatoms. The predicted octanol–water partition coefficient (Wildman–Crippen LogP) is 3.37. The van der Waals surface area contributed by atoms with Gasteiger partial charge >= 0.3 is 0 Å². The molecule has 1 saturated carbocycles. The lowest BCUT2D eigenvalue weighted by Gasteiger charge is -2.31. The van der Waals surface area contributed by atoms with Crippen LogP contribution in [0.15, 0.2) is 36.7 Å². The summed E-state index contributed by atoms with van der Waals surface area (Å²) in [7, 11) is 0. The first kappa shape index (κ1) is 26.3. The summed E-state index contributed by atoms with van der Waals surface area (Å²) in [5.74, 6) is 1.76. The smallest absolute Gasteiger partial charge is 0.242 e. The molecule has 5 rings (SSSR count). The molecule has 0 atom stereocenters. The summed E-state index contributed by atoms with van der Waals surface area (Å²) in [6, 6.07) is 8.34. The van der Waals surface area contributed by atoms with E-state index in [9.17, 15) is 4.79 Å². The van der Waals surface area contributed by atoms with E-state index < -0.39 is 0 Å². The number of nitrogens with zero attached hydrogens (tertiary/aromatic N) is 7. The molecule has 2 N–H and O–H groups in total. The molecule has 2 fully saturated rings. The van der Waals surface area contributed by atoms with E-state index in [0.717, 1.165) is 66.9 Å². The fourth-order valence-corrected chi connectivity index (χ4v) is 4.73. The van der Waals surface area contributed by atoms with Crippen LogP contribution in [0.1, 0.15) is 48.1 Å². The molecule has 3 aromatic rings. The van der Waals surface area contributed by atoms with E-state index >= 15 is 0 Å². The van der Waals surface area contributed by atoms with Gasteiger partial charge in [0.15, 0.2) is 0 Å². The first-order valence-electron chi connectivity index (χ1n) is 13.3. The Morgan fingerprint density at radius 2 is 1.95 bits per heavy atom. The van der Waals surface area contributed by atoms with Crippen molar-refractivity contribution in [3.63, 3.8) is 0 Å². The minimum Gasteiger partial charge on any atom is -0.438 e. The molecule has 1 aliphatic carbocycles. The number of allylic oxidation sites excluding steroid dienone is 1. The van der Waals surface area contributed by atoms with E-state index in [1.54, 1.807) is 23.0 Å². The van der Waals surface area contributed by atoms with Crippen molar-refractivity contribution in [2.24, 2.45) is 0 Å². The summed E-state index contributed by atoms with van der Waals surface area (Å²) < 4.78 is 7.74. The van der Waals surface area contributed by atoms with E-state index in [2.05, 4.69) is 35.8 Å². The minimum atomic E-state index is -0.00913. The van der Waals surface area contributed by atoms with E-state index in [1.165, 1.54) is 6.08 Å². The number of carbonyl (C=O) groups is 1. The monoisotopic (exact) mass is 527 g/mol. The highest BCUT2D eigenvalue weighted by Crippen LogP contribution is 2.30. The topological polar surface area (TPSA) is 134 Å². The van der Waals surface area contributed by atoms with Gasteiger partial charge in [-0.15, -0.1) is 5.10 Å². The molecule has 1 amide bonds. The minimum absolute atomic E-state index is 0.00913. The average Bonchev–Trinajstić information content (AvgIpc) is 3.62. The number of anilines is 1. The maximum Gasteiger partial charge on any atom is 0.242 e. The van der Waals surface area contributed by atoms with Crippen LogP contribution in [0.25, 0.3) is 6.08 Å². The van der Waals surface area contributed by atoms with Crippen molar-refractivity contribution in [3.05, 3.63) is 59.1 Å². The van der Waals surface area contributed by atoms with Gasteiger partial charge in [0.2, 0.25) is 17.7 Å². The summed E-state index contributed by atoms with van der Waals surface area (Å²) in [4.78, 5) is 23.3. The molecule has 0 bridgehead atoms. The van der Waals surface area contributed by atoms with Gasteiger partial charge in [0, 0.05) is 50.1 Å². The normalized spacial score (nSPS) is 16.2. The van der Waals surface area contributed by atoms with Gasteiger partial charge in [0.05, 0.1) is 18.0 Å². The van der Waals surface area contributed by atoms with Crippen LogP contribution < -0.4 is 15.4 Å². The van der Waals surface area contributed by atoms with Crippen molar-refractivity contribution in [3.8, 4) is 17.7 Å². The van der Waals surface area contributed by atoms with Crippen molar-refractivity contribution < 1.29 is 9.53 Å². The molecule has 2 aromatic heterocycles. The zero-order valence-electron chi connectivity index (χ0n) is 22.3. The SMILES string of the molecule is Cc1cc(/C=C/C#N)cc(C)c1Oc1ccnc(NC2CCN(Cc3cn(CC(=O)NC4CC4)nn3)CC2)n1. The largest absolute Gasteiger partial charge is 0.438 e. The summed E-state index contributed by atoms with van der Waals surface area (Å²) in [5, 5.41) is 23.6. The number of aromatic nitrogens is 5. The molecule has 0 radical (unpaired) electrons. The number of nitriles is 1. The van der Waals surface area contributed by atoms with Gasteiger partial charge in [-0.05, 0) is 74.4 Å². The number of piperidine rings is 1. The average molecular weight is 528 g/mol. The number of carbonyl (C=O) groups excluding carboxylic acids is 1. The van der Waals surface area contributed by atoms with Crippen LogP contribution in [-0.2, 0) is 17.9 Å². The van der Waals surface area contributed by atoms with Gasteiger partial charge in [-0.1, -0.05) is 5.21 Å². The van der Waals surface area contributed by atoms with Crippen molar-refractivity contribution >= 4 is 17.9 Å². The first-order valence-corrected chi connectivity index (χ1v) is 13.3. The fraction of sp³-hybridized carbons (Fsp3) is 0.429. The third-order valence-electron chi connectivity index (χ3n) is 6.81.